The van der Waals surface area contributed by atoms with Gasteiger partial charge < -0.3 is 0 Å². The molecule has 9 heavy (non-hydrogen) atoms. The number of alkyl halides is 1. The molecule has 1 aliphatic heterocycles. The molecule has 52 valence electrons. The van der Waals surface area contributed by atoms with E-state index in [0.29, 0.717) is 0 Å². The van der Waals surface area contributed by atoms with Crippen molar-refractivity contribution in [1.29, 1.82) is 0 Å². The largest absolute Gasteiger partial charge is 0.289 e. The number of halogens is 1. The fourth-order valence-corrected chi connectivity index (χ4v) is 1.20. The maximum absolute atomic E-state index is 12.1. The number of rotatable bonds is 0. The fraction of sp³-hybridized carbons (Fsp3) is 0.500. The molecule has 1 rings (SSSR count). The highest BCUT2D eigenvalue weighted by Gasteiger charge is 2.16. The second-order valence-electron chi connectivity index (χ2n) is 1.62. The van der Waals surface area contributed by atoms with Crippen molar-refractivity contribution in [2.75, 3.05) is 6.61 Å². The summed E-state index contributed by atoms with van der Waals surface area (Å²) in [5.41, 5.74) is 0. The molecule has 3 nitrogen and oxygen atoms in total. The Bertz CT molecular complexity index is 218. The zero-order valence-electron chi connectivity index (χ0n) is 4.45. The predicted molar refractivity (Wildman–Crippen MR) is 28.9 cm³/mol. The molecule has 0 radical (unpaired) electrons. The van der Waals surface area contributed by atoms with Crippen LogP contribution in [0, 0.1) is 0 Å². The average Bonchev–Trinajstić information content (AvgIpc) is 1.78. The third-order valence-corrected chi connectivity index (χ3v) is 1.80. The zero-order valence-corrected chi connectivity index (χ0v) is 5.27. The first-order valence-electron chi connectivity index (χ1n) is 2.32. The van der Waals surface area contributed by atoms with Gasteiger partial charge in [-0.25, -0.2) is 4.39 Å². The van der Waals surface area contributed by atoms with Crippen LogP contribution in [-0.2, 0) is 14.3 Å². The Balaban J connectivity index is 2.82. The molecule has 0 saturated heterocycles. The third kappa shape index (κ3) is 1.76. The molecule has 1 heterocycles. The molecule has 1 aliphatic rings. The van der Waals surface area contributed by atoms with Crippen LogP contribution in [0.5, 0.6) is 0 Å². The first kappa shape index (κ1) is 6.70. The second-order valence-corrected chi connectivity index (χ2v) is 3.12. The van der Waals surface area contributed by atoms with Crippen molar-refractivity contribution >= 4 is 10.1 Å². The van der Waals surface area contributed by atoms with Gasteiger partial charge in [0, 0.05) is 0 Å². The van der Waals surface area contributed by atoms with Crippen LogP contribution in [0.2, 0.25) is 0 Å². The summed E-state index contributed by atoms with van der Waals surface area (Å²) in [6, 6.07) is 0. The van der Waals surface area contributed by atoms with Crippen LogP contribution in [0.1, 0.15) is 0 Å². The molecule has 5 heteroatoms. The quantitative estimate of drug-likeness (QED) is 0.465. The van der Waals surface area contributed by atoms with Crippen LogP contribution in [0.4, 0.5) is 4.39 Å². The summed E-state index contributed by atoms with van der Waals surface area (Å²) >= 11 is 0. The third-order valence-electron chi connectivity index (χ3n) is 0.846. The minimum absolute atomic E-state index is 0.390. The smallest absolute Gasteiger partial charge is 0.263 e. The molecule has 0 fully saturated rings. The van der Waals surface area contributed by atoms with Gasteiger partial charge in [-0.15, -0.1) is 0 Å². The SMILES string of the molecule is O=S1(=O)C=CC(F)CO1. The Morgan fingerprint density at radius 1 is 1.67 bits per heavy atom. The molecule has 0 saturated carbocycles. The molecule has 1 unspecified atom stereocenters. The van der Waals surface area contributed by atoms with E-state index < -0.39 is 22.9 Å². The van der Waals surface area contributed by atoms with Crippen molar-refractivity contribution in [2.45, 2.75) is 6.17 Å². The van der Waals surface area contributed by atoms with Gasteiger partial charge in [0.15, 0.2) is 0 Å². The van der Waals surface area contributed by atoms with Crippen LogP contribution in [0.15, 0.2) is 11.5 Å². The summed E-state index contributed by atoms with van der Waals surface area (Å²) in [5.74, 6) is 0. The van der Waals surface area contributed by atoms with Crippen molar-refractivity contribution in [3.63, 3.8) is 0 Å². The summed E-state index contributed by atoms with van der Waals surface area (Å²) in [6.45, 7) is -0.390. The minimum atomic E-state index is -3.54. The molecule has 0 aromatic rings. The molecule has 1 atom stereocenters. The lowest BCUT2D eigenvalue weighted by atomic mass is 10.4. The maximum Gasteiger partial charge on any atom is 0.289 e. The molecule has 0 aromatic carbocycles. The summed E-state index contributed by atoms with van der Waals surface area (Å²) < 4.78 is 36.8. The van der Waals surface area contributed by atoms with Crippen LogP contribution >= 0.6 is 0 Å². The Labute approximate surface area is 52.3 Å². The molecular formula is C4H5FO3S. The molecule has 0 spiro atoms. The Morgan fingerprint density at radius 3 is 2.67 bits per heavy atom. The molecule has 0 N–H and O–H groups in total. The normalized spacial score (nSPS) is 32.3. The highest BCUT2D eigenvalue weighted by molar-refractivity contribution is 7.89. The van der Waals surface area contributed by atoms with Gasteiger partial charge >= 0.3 is 0 Å². The zero-order chi connectivity index (χ0) is 6.91. The van der Waals surface area contributed by atoms with Gasteiger partial charge in [0.1, 0.15) is 12.8 Å². The Kier molecular flexibility index (Phi) is 1.54. The van der Waals surface area contributed by atoms with Crippen LogP contribution in [0.25, 0.3) is 0 Å². The van der Waals surface area contributed by atoms with E-state index in [0.717, 1.165) is 11.5 Å². The predicted octanol–water partition coefficient (Wildman–Crippen LogP) is 0.198. The summed E-state index contributed by atoms with van der Waals surface area (Å²) in [4.78, 5) is 0. The molecule has 0 amide bonds. The van der Waals surface area contributed by atoms with E-state index in [4.69, 9.17) is 0 Å². The van der Waals surface area contributed by atoms with E-state index in [-0.39, 0.29) is 0 Å². The Morgan fingerprint density at radius 2 is 2.33 bits per heavy atom. The highest BCUT2D eigenvalue weighted by Crippen LogP contribution is 2.07. The molecule has 0 aliphatic carbocycles. The van der Waals surface area contributed by atoms with E-state index in [2.05, 4.69) is 4.18 Å². The lowest BCUT2D eigenvalue weighted by Crippen LogP contribution is -2.16. The van der Waals surface area contributed by atoms with Crippen molar-refractivity contribution in [3.05, 3.63) is 11.5 Å². The Hall–Kier alpha value is -0.420. The van der Waals surface area contributed by atoms with E-state index in [9.17, 15) is 12.8 Å². The van der Waals surface area contributed by atoms with Gasteiger partial charge in [0.05, 0.1) is 5.41 Å². The molecule has 0 bridgehead atoms. The average molecular weight is 152 g/mol. The van der Waals surface area contributed by atoms with E-state index in [1.165, 1.54) is 0 Å². The summed E-state index contributed by atoms with van der Waals surface area (Å²) in [6.07, 6.45) is -0.327. The summed E-state index contributed by atoms with van der Waals surface area (Å²) in [5, 5.41) is 0.723. The van der Waals surface area contributed by atoms with Crippen molar-refractivity contribution < 1.29 is 17.0 Å². The van der Waals surface area contributed by atoms with Crippen LogP contribution in [-0.4, -0.2) is 21.2 Å². The van der Waals surface area contributed by atoms with Gasteiger partial charge in [-0.2, -0.15) is 8.42 Å². The highest BCUT2D eigenvalue weighted by atomic mass is 32.2. The minimum Gasteiger partial charge on any atom is -0.263 e. The summed E-state index contributed by atoms with van der Waals surface area (Å²) in [7, 11) is -3.54. The first-order valence-corrected chi connectivity index (χ1v) is 3.79. The van der Waals surface area contributed by atoms with E-state index >= 15 is 0 Å². The monoisotopic (exact) mass is 152 g/mol. The van der Waals surface area contributed by atoms with E-state index in [1.807, 2.05) is 0 Å². The van der Waals surface area contributed by atoms with Crippen LogP contribution < -0.4 is 0 Å². The van der Waals surface area contributed by atoms with Crippen molar-refractivity contribution in [3.8, 4) is 0 Å². The van der Waals surface area contributed by atoms with Crippen LogP contribution in [0.3, 0.4) is 0 Å². The van der Waals surface area contributed by atoms with Gasteiger partial charge in [-0.1, -0.05) is 0 Å². The molecule has 0 aromatic heterocycles. The van der Waals surface area contributed by atoms with Gasteiger partial charge in [0.2, 0.25) is 0 Å². The second kappa shape index (κ2) is 2.07. The van der Waals surface area contributed by atoms with E-state index in [1.54, 1.807) is 0 Å². The standard InChI is InChI=1S/C4H5FO3S/c5-4-1-2-9(6,7)8-3-4/h1-2,4H,3H2. The van der Waals surface area contributed by atoms with Gasteiger partial charge in [0.25, 0.3) is 10.1 Å². The fourth-order valence-electron chi connectivity index (χ4n) is 0.436. The maximum atomic E-state index is 12.1. The van der Waals surface area contributed by atoms with Gasteiger partial charge in [-0.05, 0) is 6.08 Å². The molecular weight excluding hydrogens is 147 g/mol. The van der Waals surface area contributed by atoms with Crippen molar-refractivity contribution in [1.82, 2.24) is 0 Å². The first-order chi connectivity index (χ1) is 4.10. The van der Waals surface area contributed by atoms with Gasteiger partial charge in [-0.3, -0.25) is 4.18 Å². The number of hydrogen-bond donors (Lipinski definition) is 0. The lowest BCUT2D eigenvalue weighted by molar-refractivity contribution is 0.230. The number of hydrogen-bond acceptors (Lipinski definition) is 3. The lowest BCUT2D eigenvalue weighted by Gasteiger charge is -2.07. The van der Waals surface area contributed by atoms with Crippen molar-refractivity contribution in [2.24, 2.45) is 0 Å². The topological polar surface area (TPSA) is 43.4 Å².